The predicted octanol–water partition coefficient (Wildman–Crippen LogP) is -1.33. The molecule has 0 aromatic heterocycles. The van der Waals surface area contributed by atoms with Gasteiger partial charge in [0.15, 0.2) is 0 Å². The molecule has 0 aliphatic carbocycles. The van der Waals surface area contributed by atoms with Crippen molar-refractivity contribution in [2.24, 2.45) is 5.92 Å². The van der Waals surface area contributed by atoms with Crippen LogP contribution in [0.3, 0.4) is 0 Å². The topological polar surface area (TPSA) is 110 Å². The number of carbonyl (C=O) groups excluding carboxylic acids is 1. The zero-order chi connectivity index (χ0) is 13.9. The van der Waals surface area contributed by atoms with Crippen LogP contribution in [0.15, 0.2) is 0 Å². The van der Waals surface area contributed by atoms with Crippen molar-refractivity contribution < 1.29 is 25.2 Å². The van der Waals surface area contributed by atoms with Crippen molar-refractivity contribution >= 4 is 17.7 Å². The molecule has 5 atom stereocenters. The van der Waals surface area contributed by atoms with E-state index in [1.165, 1.54) is 0 Å². The fourth-order valence-electron chi connectivity index (χ4n) is 1.87. The van der Waals surface area contributed by atoms with Crippen LogP contribution in [-0.4, -0.2) is 61.9 Å². The third-order valence-corrected chi connectivity index (χ3v) is 4.17. The summed E-state index contributed by atoms with van der Waals surface area (Å²) in [5, 5.41) is 40.3. The molecule has 5 unspecified atom stereocenters. The predicted molar refractivity (Wildman–Crippen MR) is 67.9 cm³/mol. The second kappa shape index (κ2) is 6.72. The van der Waals surface area contributed by atoms with E-state index in [-0.39, 0.29) is 18.4 Å². The number of hydrogen-bond acceptors (Lipinski definition) is 6. The van der Waals surface area contributed by atoms with E-state index in [4.69, 9.17) is 5.11 Å². The highest BCUT2D eigenvalue weighted by atomic mass is 32.2. The monoisotopic (exact) mass is 279 g/mol. The van der Waals surface area contributed by atoms with Gasteiger partial charge in [-0.3, -0.25) is 4.79 Å². The van der Waals surface area contributed by atoms with Crippen LogP contribution >= 0.6 is 11.8 Å². The number of aliphatic hydroxyl groups is 4. The Kier molecular flexibility index (Phi) is 5.87. The quantitative estimate of drug-likeness (QED) is 0.436. The highest BCUT2D eigenvalue weighted by Crippen LogP contribution is 2.31. The standard InChI is InChI=1S/C11H21NO5S/c1-5(2)3-7(14)12-8-10(16)9(15)6(4-13)18-11(8)17/h5-6,8-11,13,15-17H,3-4H2,1-2H3,(H,12,14). The van der Waals surface area contributed by atoms with E-state index in [1.54, 1.807) is 0 Å². The second-order valence-corrected chi connectivity index (χ2v) is 6.28. The van der Waals surface area contributed by atoms with E-state index in [2.05, 4.69) is 5.32 Å². The van der Waals surface area contributed by atoms with Gasteiger partial charge in [0.05, 0.1) is 24.0 Å². The zero-order valence-electron chi connectivity index (χ0n) is 10.5. The van der Waals surface area contributed by atoms with Crippen molar-refractivity contribution in [2.75, 3.05) is 6.61 Å². The molecule has 0 saturated carbocycles. The summed E-state index contributed by atoms with van der Waals surface area (Å²) in [5.74, 6) is -0.103. The van der Waals surface area contributed by atoms with Crippen molar-refractivity contribution in [3.63, 3.8) is 0 Å². The van der Waals surface area contributed by atoms with Gasteiger partial charge in [-0.15, -0.1) is 11.8 Å². The molecule has 6 nitrogen and oxygen atoms in total. The molecule has 106 valence electrons. The van der Waals surface area contributed by atoms with Gasteiger partial charge in [-0.05, 0) is 5.92 Å². The summed E-state index contributed by atoms with van der Waals surface area (Å²) >= 11 is 0.948. The summed E-state index contributed by atoms with van der Waals surface area (Å²) in [5.41, 5.74) is -1.04. The Morgan fingerprint density at radius 2 is 1.89 bits per heavy atom. The summed E-state index contributed by atoms with van der Waals surface area (Å²) in [4.78, 5) is 11.6. The summed E-state index contributed by atoms with van der Waals surface area (Å²) in [6, 6.07) is -0.918. The molecule has 1 aliphatic heterocycles. The van der Waals surface area contributed by atoms with Gasteiger partial charge in [0, 0.05) is 6.42 Å². The molecule has 1 fully saturated rings. The third kappa shape index (κ3) is 3.83. The molecule has 1 aliphatic rings. The Morgan fingerprint density at radius 1 is 1.28 bits per heavy atom. The summed E-state index contributed by atoms with van der Waals surface area (Å²) in [7, 11) is 0. The first-order valence-electron chi connectivity index (χ1n) is 5.96. The Bertz CT molecular complexity index is 289. The number of nitrogens with one attached hydrogen (secondary N) is 1. The van der Waals surface area contributed by atoms with E-state index in [1.807, 2.05) is 13.8 Å². The first kappa shape index (κ1) is 15.7. The number of thioether (sulfide) groups is 1. The van der Waals surface area contributed by atoms with Crippen LogP contribution in [0.2, 0.25) is 0 Å². The fraction of sp³-hybridized carbons (Fsp3) is 0.909. The molecule has 1 rings (SSSR count). The van der Waals surface area contributed by atoms with Gasteiger partial charge in [-0.1, -0.05) is 13.8 Å². The first-order valence-corrected chi connectivity index (χ1v) is 6.91. The highest BCUT2D eigenvalue weighted by molar-refractivity contribution is 8.00. The van der Waals surface area contributed by atoms with Gasteiger partial charge in [-0.25, -0.2) is 0 Å². The highest BCUT2D eigenvalue weighted by Gasteiger charge is 2.43. The summed E-state index contributed by atoms with van der Waals surface area (Å²) in [6.07, 6.45) is -2.16. The summed E-state index contributed by atoms with van der Waals surface area (Å²) < 4.78 is 0. The molecule has 0 aromatic carbocycles. The van der Waals surface area contributed by atoms with Gasteiger partial charge in [0.2, 0.25) is 5.91 Å². The van der Waals surface area contributed by atoms with E-state index in [0.29, 0.717) is 6.42 Å². The second-order valence-electron chi connectivity index (χ2n) is 4.92. The van der Waals surface area contributed by atoms with Gasteiger partial charge in [0.1, 0.15) is 11.5 Å². The number of hydrogen-bond donors (Lipinski definition) is 5. The van der Waals surface area contributed by atoms with Crippen LogP contribution in [-0.2, 0) is 4.79 Å². The molecular formula is C11H21NO5S. The molecule has 0 bridgehead atoms. The molecule has 18 heavy (non-hydrogen) atoms. The van der Waals surface area contributed by atoms with Gasteiger partial charge < -0.3 is 25.7 Å². The SMILES string of the molecule is CC(C)CC(=O)NC1C(O)SC(CO)C(O)C1O. The minimum Gasteiger partial charge on any atom is -0.395 e. The average molecular weight is 279 g/mol. The Morgan fingerprint density at radius 3 is 2.39 bits per heavy atom. The lowest BCUT2D eigenvalue weighted by atomic mass is 10.0. The minimum atomic E-state index is -1.28. The van der Waals surface area contributed by atoms with Crippen LogP contribution in [0.4, 0.5) is 0 Å². The number of aliphatic hydroxyl groups excluding tert-OH is 4. The fourth-order valence-corrected chi connectivity index (χ4v) is 3.03. The molecule has 0 spiro atoms. The van der Waals surface area contributed by atoms with Crippen molar-refractivity contribution in [2.45, 2.75) is 49.2 Å². The maximum atomic E-state index is 11.6. The van der Waals surface area contributed by atoms with E-state index < -0.39 is 28.9 Å². The average Bonchev–Trinajstić information content (AvgIpc) is 2.28. The van der Waals surface area contributed by atoms with Crippen LogP contribution < -0.4 is 5.32 Å². The number of carbonyl (C=O) groups is 1. The molecular weight excluding hydrogens is 258 g/mol. The van der Waals surface area contributed by atoms with Crippen molar-refractivity contribution in [3.8, 4) is 0 Å². The van der Waals surface area contributed by atoms with Crippen LogP contribution in [0.5, 0.6) is 0 Å². The molecule has 5 N–H and O–H groups in total. The lowest BCUT2D eigenvalue weighted by Crippen LogP contribution is -2.60. The summed E-state index contributed by atoms with van der Waals surface area (Å²) in [6.45, 7) is 3.43. The Balaban J connectivity index is 2.62. The van der Waals surface area contributed by atoms with Crippen LogP contribution in [0.1, 0.15) is 20.3 Å². The molecule has 0 aromatic rings. The van der Waals surface area contributed by atoms with E-state index >= 15 is 0 Å². The smallest absolute Gasteiger partial charge is 0.220 e. The first-order chi connectivity index (χ1) is 8.36. The van der Waals surface area contributed by atoms with Gasteiger partial charge in [-0.2, -0.15) is 0 Å². The van der Waals surface area contributed by atoms with Crippen molar-refractivity contribution in [1.82, 2.24) is 5.32 Å². The van der Waals surface area contributed by atoms with Crippen LogP contribution in [0, 0.1) is 5.92 Å². The zero-order valence-corrected chi connectivity index (χ0v) is 11.3. The van der Waals surface area contributed by atoms with Crippen molar-refractivity contribution in [1.29, 1.82) is 0 Å². The Hall–Kier alpha value is -0.340. The molecule has 0 radical (unpaired) electrons. The van der Waals surface area contributed by atoms with E-state index in [0.717, 1.165) is 11.8 Å². The maximum absolute atomic E-state index is 11.6. The maximum Gasteiger partial charge on any atom is 0.220 e. The minimum absolute atomic E-state index is 0.172. The molecule has 1 heterocycles. The lowest BCUT2D eigenvalue weighted by Gasteiger charge is -2.39. The largest absolute Gasteiger partial charge is 0.395 e. The lowest BCUT2D eigenvalue weighted by molar-refractivity contribution is -0.125. The number of amides is 1. The molecule has 1 saturated heterocycles. The van der Waals surface area contributed by atoms with Crippen LogP contribution in [0.25, 0.3) is 0 Å². The van der Waals surface area contributed by atoms with Gasteiger partial charge >= 0.3 is 0 Å². The third-order valence-electron chi connectivity index (χ3n) is 2.82. The van der Waals surface area contributed by atoms with Crippen molar-refractivity contribution in [3.05, 3.63) is 0 Å². The Labute approximate surface area is 110 Å². The van der Waals surface area contributed by atoms with Gasteiger partial charge in [0.25, 0.3) is 0 Å². The molecule has 7 heteroatoms. The van der Waals surface area contributed by atoms with E-state index in [9.17, 15) is 20.1 Å². The molecule has 1 amide bonds. The number of rotatable bonds is 4. The normalized spacial score (nSPS) is 36.7.